The van der Waals surface area contributed by atoms with Crippen molar-refractivity contribution in [3.8, 4) is 5.75 Å². The Morgan fingerprint density at radius 1 is 0.862 bits per heavy atom. The maximum atomic E-state index is 6.37. The van der Waals surface area contributed by atoms with Crippen molar-refractivity contribution >= 4 is 23.2 Å². The highest BCUT2D eigenvalue weighted by Gasteiger charge is 2.27. The lowest BCUT2D eigenvalue weighted by Crippen LogP contribution is -2.45. The minimum Gasteiger partial charge on any atom is -0.489 e. The van der Waals surface area contributed by atoms with Crippen molar-refractivity contribution in [3.05, 3.63) is 99.5 Å². The van der Waals surface area contributed by atoms with Gasteiger partial charge in [-0.3, -0.25) is 4.90 Å². The molecule has 1 fully saturated rings. The Kier molecular flexibility index (Phi) is 6.73. The summed E-state index contributed by atoms with van der Waals surface area (Å²) in [6, 6.07) is 24.5. The van der Waals surface area contributed by atoms with Crippen molar-refractivity contribution in [2.45, 2.75) is 12.6 Å². The van der Waals surface area contributed by atoms with Crippen molar-refractivity contribution in [2.24, 2.45) is 0 Å². The fourth-order valence-electron chi connectivity index (χ4n) is 3.78. The normalized spacial score (nSPS) is 15.8. The van der Waals surface area contributed by atoms with Crippen molar-refractivity contribution in [1.82, 2.24) is 10.2 Å². The first kappa shape index (κ1) is 20.2. The Hall–Kier alpha value is -2.04. The van der Waals surface area contributed by atoms with Crippen molar-refractivity contribution in [2.75, 3.05) is 26.2 Å². The summed E-state index contributed by atoms with van der Waals surface area (Å²) in [5, 5.41) is 4.58. The molecular formula is C24H24Cl2N2O. The van der Waals surface area contributed by atoms with Crippen LogP contribution in [0.2, 0.25) is 10.0 Å². The van der Waals surface area contributed by atoms with Gasteiger partial charge in [-0.25, -0.2) is 0 Å². The summed E-state index contributed by atoms with van der Waals surface area (Å²) in [6.07, 6.45) is 0. The van der Waals surface area contributed by atoms with Gasteiger partial charge < -0.3 is 10.1 Å². The van der Waals surface area contributed by atoms with Crippen LogP contribution in [0, 0.1) is 0 Å². The van der Waals surface area contributed by atoms with E-state index in [4.69, 9.17) is 27.9 Å². The van der Waals surface area contributed by atoms with E-state index in [1.807, 2.05) is 42.5 Å². The number of nitrogens with zero attached hydrogens (tertiary/aromatic N) is 1. The maximum absolute atomic E-state index is 6.37. The Labute approximate surface area is 182 Å². The van der Waals surface area contributed by atoms with Gasteiger partial charge in [0.2, 0.25) is 0 Å². The highest BCUT2D eigenvalue weighted by molar-refractivity contribution is 6.42. The summed E-state index contributed by atoms with van der Waals surface area (Å²) < 4.78 is 6.27. The van der Waals surface area contributed by atoms with Gasteiger partial charge >= 0.3 is 0 Å². The van der Waals surface area contributed by atoms with Gasteiger partial charge in [-0.05, 0) is 29.3 Å². The zero-order valence-corrected chi connectivity index (χ0v) is 17.7. The molecule has 1 unspecified atom stereocenters. The second-order valence-electron chi connectivity index (χ2n) is 7.17. The molecule has 3 aromatic rings. The van der Waals surface area contributed by atoms with E-state index in [9.17, 15) is 0 Å². The fourth-order valence-corrected chi connectivity index (χ4v) is 4.09. The molecule has 4 rings (SSSR count). The molecule has 0 amide bonds. The number of rotatable bonds is 6. The minimum absolute atomic E-state index is 0.0545. The smallest absolute Gasteiger partial charge is 0.124 e. The van der Waals surface area contributed by atoms with Crippen LogP contribution in [-0.4, -0.2) is 31.1 Å². The summed E-state index contributed by atoms with van der Waals surface area (Å²) in [5.41, 5.74) is 3.41. The standard InChI is InChI=1S/C24H24Cl2N2O/c25-21-11-10-19(16-22(21)26)24(28-14-12-27-13-15-28)20-8-4-5-9-23(20)29-17-18-6-2-1-3-7-18/h1-11,16,24,27H,12-15,17H2. The molecule has 0 bridgehead atoms. The second kappa shape index (κ2) is 9.64. The van der Waals surface area contributed by atoms with E-state index in [1.54, 1.807) is 0 Å². The first-order valence-corrected chi connectivity index (χ1v) is 10.6. The zero-order chi connectivity index (χ0) is 20.1. The average Bonchev–Trinajstić information content (AvgIpc) is 2.77. The van der Waals surface area contributed by atoms with E-state index in [0.717, 1.165) is 48.6 Å². The van der Waals surface area contributed by atoms with Gasteiger partial charge in [0, 0.05) is 31.7 Å². The van der Waals surface area contributed by atoms with Crippen LogP contribution >= 0.6 is 23.2 Å². The van der Waals surface area contributed by atoms with Crippen LogP contribution in [0.1, 0.15) is 22.7 Å². The lowest BCUT2D eigenvalue weighted by atomic mass is 9.95. The van der Waals surface area contributed by atoms with E-state index < -0.39 is 0 Å². The molecule has 0 spiro atoms. The Morgan fingerprint density at radius 3 is 2.34 bits per heavy atom. The molecule has 1 saturated heterocycles. The SMILES string of the molecule is Clc1ccc(C(c2ccccc2OCc2ccccc2)N2CCNCC2)cc1Cl. The number of hydrogen-bond donors (Lipinski definition) is 1. The largest absolute Gasteiger partial charge is 0.489 e. The summed E-state index contributed by atoms with van der Waals surface area (Å²) in [7, 11) is 0. The Bertz CT molecular complexity index is 943. The molecule has 3 aromatic carbocycles. The van der Waals surface area contributed by atoms with Gasteiger partial charge in [-0.2, -0.15) is 0 Å². The number of para-hydroxylation sites is 1. The molecule has 150 valence electrons. The maximum Gasteiger partial charge on any atom is 0.124 e. The van der Waals surface area contributed by atoms with Crippen LogP contribution in [0.25, 0.3) is 0 Å². The van der Waals surface area contributed by atoms with Crippen LogP contribution in [0.3, 0.4) is 0 Å². The third-order valence-electron chi connectivity index (χ3n) is 5.23. The van der Waals surface area contributed by atoms with Crippen LogP contribution < -0.4 is 10.1 Å². The topological polar surface area (TPSA) is 24.5 Å². The van der Waals surface area contributed by atoms with Gasteiger partial charge in [-0.1, -0.05) is 77.8 Å². The molecule has 3 nitrogen and oxygen atoms in total. The second-order valence-corrected chi connectivity index (χ2v) is 7.99. The monoisotopic (exact) mass is 426 g/mol. The summed E-state index contributed by atoms with van der Waals surface area (Å²) in [5.74, 6) is 0.894. The van der Waals surface area contributed by atoms with Crippen molar-refractivity contribution in [1.29, 1.82) is 0 Å². The first-order valence-electron chi connectivity index (χ1n) is 9.88. The number of hydrogen-bond acceptors (Lipinski definition) is 3. The fraction of sp³-hybridized carbons (Fsp3) is 0.250. The summed E-state index contributed by atoms with van der Waals surface area (Å²) in [6.45, 7) is 4.37. The number of piperazine rings is 1. The lowest BCUT2D eigenvalue weighted by molar-refractivity contribution is 0.193. The van der Waals surface area contributed by atoms with E-state index in [2.05, 4.69) is 40.5 Å². The lowest BCUT2D eigenvalue weighted by Gasteiger charge is -2.36. The summed E-state index contributed by atoms with van der Waals surface area (Å²) >= 11 is 12.6. The van der Waals surface area contributed by atoms with E-state index in [-0.39, 0.29) is 6.04 Å². The van der Waals surface area contributed by atoms with Crippen LogP contribution in [0.15, 0.2) is 72.8 Å². The van der Waals surface area contributed by atoms with Crippen molar-refractivity contribution in [3.63, 3.8) is 0 Å². The Morgan fingerprint density at radius 2 is 1.59 bits per heavy atom. The molecule has 0 aliphatic carbocycles. The zero-order valence-electron chi connectivity index (χ0n) is 16.2. The first-order chi connectivity index (χ1) is 14.2. The molecule has 5 heteroatoms. The van der Waals surface area contributed by atoms with Gasteiger partial charge in [-0.15, -0.1) is 0 Å². The molecule has 1 atom stereocenters. The molecule has 1 aliphatic heterocycles. The predicted molar refractivity (Wildman–Crippen MR) is 120 cm³/mol. The third-order valence-corrected chi connectivity index (χ3v) is 5.97. The quantitative estimate of drug-likeness (QED) is 0.557. The molecular weight excluding hydrogens is 403 g/mol. The minimum atomic E-state index is 0.0545. The molecule has 29 heavy (non-hydrogen) atoms. The molecule has 0 saturated carbocycles. The number of ether oxygens (including phenoxy) is 1. The number of nitrogens with one attached hydrogen (secondary N) is 1. The van der Waals surface area contributed by atoms with E-state index in [0.29, 0.717) is 16.7 Å². The van der Waals surface area contributed by atoms with Crippen LogP contribution in [0.4, 0.5) is 0 Å². The predicted octanol–water partition coefficient (Wildman–Crippen LogP) is 5.57. The van der Waals surface area contributed by atoms with Gasteiger partial charge in [0.25, 0.3) is 0 Å². The molecule has 0 aromatic heterocycles. The molecule has 1 heterocycles. The van der Waals surface area contributed by atoms with Crippen LogP contribution in [-0.2, 0) is 6.61 Å². The van der Waals surface area contributed by atoms with Gasteiger partial charge in [0.15, 0.2) is 0 Å². The molecule has 1 aliphatic rings. The van der Waals surface area contributed by atoms with Crippen molar-refractivity contribution < 1.29 is 4.74 Å². The van der Waals surface area contributed by atoms with Crippen LogP contribution in [0.5, 0.6) is 5.75 Å². The van der Waals surface area contributed by atoms with Gasteiger partial charge in [0.05, 0.1) is 16.1 Å². The van der Waals surface area contributed by atoms with E-state index >= 15 is 0 Å². The van der Waals surface area contributed by atoms with Gasteiger partial charge in [0.1, 0.15) is 12.4 Å². The molecule has 1 N–H and O–H groups in total. The third kappa shape index (κ3) is 4.93. The molecule has 0 radical (unpaired) electrons. The number of benzene rings is 3. The number of halogens is 2. The Balaban J connectivity index is 1.69. The average molecular weight is 427 g/mol. The van der Waals surface area contributed by atoms with E-state index in [1.165, 1.54) is 0 Å². The highest BCUT2D eigenvalue weighted by Crippen LogP contribution is 2.37. The highest BCUT2D eigenvalue weighted by atomic mass is 35.5. The summed E-state index contributed by atoms with van der Waals surface area (Å²) in [4.78, 5) is 2.47.